The molecule has 0 saturated heterocycles. The van der Waals surface area contributed by atoms with Gasteiger partial charge in [0.15, 0.2) is 5.11 Å². The van der Waals surface area contributed by atoms with Crippen LogP contribution in [0.2, 0.25) is 0 Å². The molecule has 1 atom stereocenters. The predicted molar refractivity (Wildman–Crippen MR) is 115 cm³/mol. The van der Waals surface area contributed by atoms with Crippen molar-refractivity contribution in [1.82, 2.24) is 10.6 Å². The minimum Gasteiger partial charge on any atom is -0.495 e. The highest BCUT2D eigenvalue weighted by molar-refractivity contribution is 7.80. The van der Waals surface area contributed by atoms with Crippen molar-refractivity contribution in [3.63, 3.8) is 0 Å². The van der Waals surface area contributed by atoms with Gasteiger partial charge in [0.25, 0.3) is 5.91 Å². The lowest BCUT2D eigenvalue weighted by Gasteiger charge is -2.28. The zero-order valence-electron chi connectivity index (χ0n) is 14.6. The zero-order chi connectivity index (χ0) is 20.0. The molecule has 0 radical (unpaired) electrons. The van der Waals surface area contributed by atoms with Crippen molar-refractivity contribution in [2.75, 3.05) is 12.4 Å². The molecule has 9 heteroatoms. The summed E-state index contributed by atoms with van der Waals surface area (Å²) < 4.78 is 3.41. The average molecular weight is 447 g/mol. The van der Waals surface area contributed by atoms with E-state index >= 15 is 0 Å². The standard InChI is InChI=1S/C18H18Cl3N3O2S/c1-11-7-9-12(10-8-11)15(25)23-16(18(19,20)21)24-17(27)22-13-5-3-4-6-14(13)26-2/h3-10,16H,1-2H3,(H,23,25)(H2,22,24,27)/t16-/m1/s1. The van der Waals surface area contributed by atoms with Crippen molar-refractivity contribution in [3.8, 4) is 5.75 Å². The Hall–Kier alpha value is -1.73. The van der Waals surface area contributed by atoms with E-state index in [1.165, 1.54) is 0 Å². The van der Waals surface area contributed by atoms with E-state index in [0.717, 1.165) is 5.56 Å². The van der Waals surface area contributed by atoms with Crippen LogP contribution in [0.3, 0.4) is 0 Å². The van der Waals surface area contributed by atoms with Gasteiger partial charge in [0.2, 0.25) is 3.79 Å². The summed E-state index contributed by atoms with van der Waals surface area (Å²) in [6, 6.07) is 14.2. The number of amides is 1. The van der Waals surface area contributed by atoms with E-state index in [9.17, 15) is 4.79 Å². The lowest BCUT2D eigenvalue weighted by atomic mass is 10.1. The maximum Gasteiger partial charge on any atom is 0.252 e. The van der Waals surface area contributed by atoms with E-state index in [1.807, 2.05) is 31.2 Å². The van der Waals surface area contributed by atoms with E-state index in [2.05, 4.69) is 16.0 Å². The molecule has 0 aliphatic carbocycles. The zero-order valence-corrected chi connectivity index (χ0v) is 17.6. The third kappa shape index (κ3) is 6.43. The molecule has 0 aromatic heterocycles. The lowest BCUT2D eigenvalue weighted by Crippen LogP contribution is -2.56. The Morgan fingerprint density at radius 3 is 2.30 bits per heavy atom. The number of methoxy groups -OCH3 is 1. The minimum atomic E-state index is -1.84. The van der Waals surface area contributed by atoms with Crippen LogP contribution in [0.4, 0.5) is 5.69 Å². The molecular weight excluding hydrogens is 429 g/mol. The van der Waals surface area contributed by atoms with Gasteiger partial charge in [0.05, 0.1) is 12.8 Å². The van der Waals surface area contributed by atoms with Crippen LogP contribution >= 0.6 is 47.0 Å². The van der Waals surface area contributed by atoms with Gasteiger partial charge in [-0.25, -0.2) is 0 Å². The highest BCUT2D eigenvalue weighted by Crippen LogP contribution is 2.29. The maximum absolute atomic E-state index is 12.4. The number of anilines is 1. The molecule has 5 nitrogen and oxygen atoms in total. The molecular formula is C18H18Cl3N3O2S. The normalized spacial score (nSPS) is 12.0. The summed E-state index contributed by atoms with van der Waals surface area (Å²) in [6.45, 7) is 1.93. The van der Waals surface area contributed by atoms with E-state index < -0.39 is 15.9 Å². The highest BCUT2D eigenvalue weighted by atomic mass is 35.6. The Morgan fingerprint density at radius 1 is 1.07 bits per heavy atom. The molecule has 0 aliphatic heterocycles. The molecule has 0 aliphatic rings. The molecule has 3 N–H and O–H groups in total. The van der Waals surface area contributed by atoms with Crippen molar-refractivity contribution in [3.05, 3.63) is 59.7 Å². The van der Waals surface area contributed by atoms with Gasteiger partial charge in [-0.2, -0.15) is 0 Å². The minimum absolute atomic E-state index is 0.153. The maximum atomic E-state index is 12.4. The average Bonchev–Trinajstić information content (AvgIpc) is 2.61. The van der Waals surface area contributed by atoms with Crippen molar-refractivity contribution >= 4 is 63.7 Å². The second-order valence-electron chi connectivity index (χ2n) is 5.61. The van der Waals surface area contributed by atoms with E-state index in [1.54, 1.807) is 31.4 Å². The van der Waals surface area contributed by atoms with Gasteiger partial charge in [-0.05, 0) is 43.4 Å². The molecule has 0 bridgehead atoms. The first-order chi connectivity index (χ1) is 12.7. The van der Waals surface area contributed by atoms with E-state index in [0.29, 0.717) is 17.0 Å². The number of para-hydroxylation sites is 2. The van der Waals surface area contributed by atoms with Gasteiger partial charge in [0, 0.05) is 5.56 Å². The summed E-state index contributed by atoms with van der Waals surface area (Å²) in [7, 11) is 1.54. The molecule has 27 heavy (non-hydrogen) atoms. The van der Waals surface area contributed by atoms with Crippen LogP contribution in [0.15, 0.2) is 48.5 Å². The summed E-state index contributed by atoms with van der Waals surface area (Å²) in [6.07, 6.45) is -1.06. The number of carbonyl (C=O) groups is 1. The van der Waals surface area contributed by atoms with Crippen LogP contribution in [-0.2, 0) is 0 Å². The third-order valence-corrected chi connectivity index (χ3v) is 4.42. The summed E-state index contributed by atoms with van der Waals surface area (Å²) >= 11 is 23.3. The van der Waals surface area contributed by atoms with Gasteiger partial charge in [-0.15, -0.1) is 0 Å². The first-order valence-electron chi connectivity index (χ1n) is 7.85. The molecule has 0 spiro atoms. The Labute approximate surface area is 178 Å². The Bertz CT molecular complexity index is 810. The Kier molecular flexibility index (Phi) is 7.56. The van der Waals surface area contributed by atoms with Crippen molar-refractivity contribution in [1.29, 1.82) is 0 Å². The molecule has 2 aromatic rings. The summed E-state index contributed by atoms with van der Waals surface area (Å²) in [5, 5.41) is 8.54. The quantitative estimate of drug-likeness (QED) is 0.361. The highest BCUT2D eigenvalue weighted by Gasteiger charge is 2.35. The fourth-order valence-corrected chi connectivity index (χ4v) is 2.71. The van der Waals surface area contributed by atoms with Gasteiger partial charge >= 0.3 is 0 Å². The number of hydrogen-bond donors (Lipinski definition) is 3. The molecule has 0 unspecified atom stereocenters. The van der Waals surface area contributed by atoms with Crippen molar-refractivity contribution in [2.24, 2.45) is 0 Å². The number of thiocarbonyl (C=S) groups is 1. The summed E-state index contributed by atoms with van der Waals surface area (Å²) in [4.78, 5) is 12.4. The Morgan fingerprint density at radius 2 is 1.70 bits per heavy atom. The van der Waals surface area contributed by atoms with Crippen LogP contribution in [0.5, 0.6) is 5.75 Å². The van der Waals surface area contributed by atoms with Crippen LogP contribution in [0.1, 0.15) is 15.9 Å². The topological polar surface area (TPSA) is 62.4 Å². The van der Waals surface area contributed by atoms with E-state index in [4.69, 9.17) is 51.8 Å². The number of alkyl halides is 3. The molecule has 2 rings (SSSR count). The second kappa shape index (κ2) is 9.46. The SMILES string of the molecule is COc1ccccc1NC(=S)N[C@@H](NC(=O)c1ccc(C)cc1)C(Cl)(Cl)Cl. The van der Waals surface area contributed by atoms with Crippen LogP contribution in [0.25, 0.3) is 0 Å². The molecule has 1 amide bonds. The number of halogens is 3. The predicted octanol–water partition coefficient (Wildman–Crippen LogP) is 4.42. The monoisotopic (exact) mass is 445 g/mol. The first-order valence-corrected chi connectivity index (χ1v) is 9.39. The number of ether oxygens (including phenoxy) is 1. The lowest BCUT2D eigenvalue weighted by molar-refractivity contribution is 0.0934. The fraction of sp³-hybridized carbons (Fsp3) is 0.222. The molecule has 0 saturated carbocycles. The van der Waals surface area contributed by atoms with Crippen molar-refractivity contribution < 1.29 is 9.53 Å². The van der Waals surface area contributed by atoms with Gasteiger partial charge in [-0.1, -0.05) is 64.6 Å². The van der Waals surface area contributed by atoms with Crippen LogP contribution in [-0.4, -0.2) is 28.1 Å². The van der Waals surface area contributed by atoms with Crippen LogP contribution in [0, 0.1) is 6.92 Å². The number of rotatable bonds is 5. The number of carbonyl (C=O) groups excluding carboxylic acids is 1. The van der Waals surface area contributed by atoms with Gasteiger partial charge < -0.3 is 20.7 Å². The van der Waals surface area contributed by atoms with Crippen molar-refractivity contribution in [2.45, 2.75) is 16.9 Å². The van der Waals surface area contributed by atoms with Crippen LogP contribution < -0.4 is 20.7 Å². The largest absolute Gasteiger partial charge is 0.495 e. The van der Waals surface area contributed by atoms with Gasteiger partial charge in [-0.3, -0.25) is 4.79 Å². The number of benzene rings is 2. The van der Waals surface area contributed by atoms with E-state index in [-0.39, 0.29) is 5.11 Å². The second-order valence-corrected chi connectivity index (χ2v) is 8.39. The fourth-order valence-electron chi connectivity index (χ4n) is 2.16. The number of hydrogen-bond acceptors (Lipinski definition) is 3. The number of nitrogens with one attached hydrogen (secondary N) is 3. The molecule has 0 fully saturated rings. The Balaban J connectivity index is 2.09. The van der Waals surface area contributed by atoms with Gasteiger partial charge in [0.1, 0.15) is 11.9 Å². The first kappa shape index (κ1) is 21.6. The smallest absolute Gasteiger partial charge is 0.252 e. The third-order valence-electron chi connectivity index (χ3n) is 3.55. The summed E-state index contributed by atoms with van der Waals surface area (Å²) in [5.41, 5.74) is 2.10. The molecule has 144 valence electrons. The molecule has 0 heterocycles. The molecule has 2 aromatic carbocycles. The summed E-state index contributed by atoms with van der Waals surface area (Å²) in [5.74, 6) is 0.190. The number of aryl methyl sites for hydroxylation is 1.